The predicted molar refractivity (Wildman–Crippen MR) is 121 cm³/mol. The molecule has 1 aromatic heterocycles. The normalized spacial score (nSPS) is 10.6. The Bertz CT molecular complexity index is 1090. The van der Waals surface area contributed by atoms with Crippen LogP contribution >= 0.6 is 11.8 Å². The average molecular weight is 424 g/mol. The van der Waals surface area contributed by atoms with Gasteiger partial charge in [0.15, 0.2) is 0 Å². The number of methoxy groups -OCH3 is 1. The number of ether oxygens (including phenoxy) is 1. The molecule has 1 heterocycles. The van der Waals surface area contributed by atoms with Gasteiger partial charge in [0, 0.05) is 42.1 Å². The van der Waals surface area contributed by atoms with Gasteiger partial charge in [0.25, 0.3) is 11.1 Å². The van der Waals surface area contributed by atoms with E-state index in [-0.39, 0.29) is 11.1 Å². The lowest BCUT2D eigenvalue weighted by atomic mass is 10.2. The van der Waals surface area contributed by atoms with Crippen molar-refractivity contribution in [3.8, 4) is 11.4 Å². The standard InChI is InChI=1S/C23H25N3O3S/c1-15-13-19(16(2)26(15)17-9-8-10-18(14-17)29-5)22(27)24-20-11-6-7-12-21(20)30-23(28)25(3)4/h6-14H,1-5H3,(H,24,27). The van der Waals surface area contributed by atoms with Crippen LogP contribution in [0.5, 0.6) is 5.75 Å². The Balaban J connectivity index is 1.90. The van der Waals surface area contributed by atoms with Crippen LogP contribution in [0.15, 0.2) is 59.5 Å². The second-order valence-corrected chi connectivity index (χ2v) is 8.03. The molecule has 0 aliphatic heterocycles. The number of carbonyl (C=O) groups excluding carboxylic acids is 2. The van der Waals surface area contributed by atoms with Gasteiger partial charge in [-0.05, 0) is 55.9 Å². The first-order valence-electron chi connectivity index (χ1n) is 9.44. The number of hydrogen-bond acceptors (Lipinski definition) is 4. The summed E-state index contributed by atoms with van der Waals surface area (Å²) in [7, 11) is 5.03. The monoisotopic (exact) mass is 423 g/mol. The number of nitrogens with zero attached hydrogens (tertiary/aromatic N) is 2. The van der Waals surface area contributed by atoms with Gasteiger partial charge < -0.3 is 19.5 Å². The van der Waals surface area contributed by atoms with Crippen LogP contribution in [0.2, 0.25) is 0 Å². The number of thioether (sulfide) groups is 1. The Morgan fingerprint density at radius 3 is 2.47 bits per heavy atom. The van der Waals surface area contributed by atoms with E-state index < -0.39 is 0 Å². The summed E-state index contributed by atoms with van der Waals surface area (Å²) in [5.74, 6) is 0.533. The van der Waals surface area contributed by atoms with Crippen molar-refractivity contribution in [3.05, 3.63) is 71.5 Å². The van der Waals surface area contributed by atoms with Crippen LogP contribution in [0.25, 0.3) is 5.69 Å². The smallest absolute Gasteiger partial charge is 0.286 e. The zero-order valence-electron chi connectivity index (χ0n) is 17.7. The lowest BCUT2D eigenvalue weighted by molar-refractivity contribution is 0.102. The summed E-state index contributed by atoms with van der Waals surface area (Å²) in [6.07, 6.45) is 0. The molecule has 2 aromatic carbocycles. The minimum Gasteiger partial charge on any atom is -0.497 e. The van der Waals surface area contributed by atoms with E-state index in [1.807, 2.05) is 66.9 Å². The van der Waals surface area contributed by atoms with Crippen molar-refractivity contribution >= 4 is 28.6 Å². The number of carbonyl (C=O) groups is 2. The van der Waals surface area contributed by atoms with Crippen molar-refractivity contribution in [2.45, 2.75) is 18.7 Å². The van der Waals surface area contributed by atoms with Crippen molar-refractivity contribution in [2.75, 3.05) is 26.5 Å². The zero-order valence-corrected chi connectivity index (χ0v) is 18.5. The predicted octanol–water partition coefficient (Wildman–Crippen LogP) is 5.13. The van der Waals surface area contributed by atoms with Crippen LogP contribution in [0.3, 0.4) is 0 Å². The SMILES string of the molecule is COc1cccc(-n2c(C)cc(C(=O)Nc3ccccc3SC(=O)N(C)C)c2C)c1. The molecule has 0 saturated carbocycles. The number of para-hydroxylation sites is 1. The molecule has 1 N–H and O–H groups in total. The molecule has 3 aromatic rings. The highest BCUT2D eigenvalue weighted by molar-refractivity contribution is 8.13. The molecule has 6 nitrogen and oxygen atoms in total. The summed E-state index contributed by atoms with van der Waals surface area (Å²) in [4.78, 5) is 27.4. The maximum absolute atomic E-state index is 13.1. The van der Waals surface area contributed by atoms with Crippen molar-refractivity contribution in [1.82, 2.24) is 9.47 Å². The van der Waals surface area contributed by atoms with Gasteiger partial charge in [0.2, 0.25) is 0 Å². The minimum atomic E-state index is -0.220. The quantitative estimate of drug-likeness (QED) is 0.578. The summed E-state index contributed by atoms with van der Waals surface area (Å²) in [6.45, 7) is 3.88. The van der Waals surface area contributed by atoms with Gasteiger partial charge >= 0.3 is 0 Å². The van der Waals surface area contributed by atoms with Crippen LogP contribution in [0.4, 0.5) is 10.5 Å². The van der Waals surface area contributed by atoms with Gasteiger partial charge in [-0.15, -0.1) is 0 Å². The number of anilines is 1. The third-order valence-corrected chi connectivity index (χ3v) is 5.80. The van der Waals surface area contributed by atoms with Crippen LogP contribution in [0.1, 0.15) is 21.7 Å². The van der Waals surface area contributed by atoms with Crippen LogP contribution in [0, 0.1) is 13.8 Å². The molecule has 0 saturated heterocycles. The third kappa shape index (κ3) is 4.52. The number of amides is 2. The van der Waals surface area contributed by atoms with Crippen LogP contribution < -0.4 is 10.1 Å². The highest BCUT2D eigenvalue weighted by Gasteiger charge is 2.19. The highest BCUT2D eigenvalue weighted by Crippen LogP contribution is 2.30. The number of rotatable bonds is 5. The molecule has 0 aliphatic rings. The summed E-state index contributed by atoms with van der Waals surface area (Å²) in [5.41, 5.74) is 3.88. The zero-order chi connectivity index (χ0) is 21.8. The first kappa shape index (κ1) is 21.5. The topological polar surface area (TPSA) is 63.6 Å². The van der Waals surface area contributed by atoms with E-state index in [0.717, 1.165) is 34.6 Å². The molecule has 3 rings (SSSR count). The number of aromatic nitrogens is 1. The van der Waals surface area contributed by atoms with E-state index in [1.54, 1.807) is 27.3 Å². The van der Waals surface area contributed by atoms with Crippen molar-refractivity contribution in [2.24, 2.45) is 0 Å². The Hall–Kier alpha value is -3.19. The molecule has 0 aliphatic carbocycles. The maximum Gasteiger partial charge on any atom is 0.286 e. The molecular formula is C23H25N3O3S. The van der Waals surface area contributed by atoms with Gasteiger partial charge in [0.05, 0.1) is 18.4 Å². The van der Waals surface area contributed by atoms with E-state index in [9.17, 15) is 9.59 Å². The second-order valence-electron chi connectivity index (χ2n) is 7.03. The highest BCUT2D eigenvalue weighted by atomic mass is 32.2. The first-order valence-corrected chi connectivity index (χ1v) is 10.3. The minimum absolute atomic E-state index is 0.104. The van der Waals surface area contributed by atoms with Gasteiger partial charge in [-0.2, -0.15) is 0 Å². The van der Waals surface area contributed by atoms with Crippen LogP contribution in [-0.2, 0) is 0 Å². The molecule has 0 unspecified atom stereocenters. The molecule has 0 atom stereocenters. The van der Waals surface area contributed by atoms with E-state index in [0.29, 0.717) is 16.1 Å². The molecule has 2 amide bonds. The number of hydrogen-bond donors (Lipinski definition) is 1. The Kier molecular flexibility index (Phi) is 6.52. The van der Waals surface area contributed by atoms with E-state index >= 15 is 0 Å². The van der Waals surface area contributed by atoms with E-state index in [4.69, 9.17) is 4.74 Å². The summed E-state index contributed by atoms with van der Waals surface area (Å²) in [5, 5.41) is 2.85. The molecule has 30 heavy (non-hydrogen) atoms. The fourth-order valence-electron chi connectivity index (χ4n) is 3.17. The van der Waals surface area contributed by atoms with E-state index in [1.165, 1.54) is 4.90 Å². The van der Waals surface area contributed by atoms with Gasteiger partial charge in [-0.1, -0.05) is 18.2 Å². The van der Waals surface area contributed by atoms with Crippen molar-refractivity contribution < 1.29 is 14.3 Å². The Morgan fingerprint density at radius 1 is 1.03 bits per heavy atom. The second kappa shape index (κ2) is 9.09. The van der Waals surface area contributed by atoms with E-state index in [2.05, 4.69) is 5.32 Å². The van der Waals surface area contributed by atoms with Gasteiger partial charge in [-0.3, -0.25) is 9.59 Å². The number of aryl methyl sites for hydroxylation is 1. The molecule has 0 fully saturated rings. The fraction of sp³-hybridized carbons (Fsp3) is 0.217. The van der Waals surface area contributed by atoms with Crippen LogP contribution in [-0.4, -0.2) is 41.8 Å². The average Bonchev–Trinajstić information content (AvgIpc) is 3.03. The molecular weight excluding hydrogens is 398 g/mol. The summed E-state index contributed by atoms with van der Waals surface area (Å²) < 4.78 is 7.35. The van der Waals surface area contributed by atoms with Gasteiger partial charge in [0.1, 0.15) is 5.75 Å². The summed E-state index contributed by atoms with van der Waals surface area (Å²) >= 11 is 1.08. The number of nitrogens with one attached hydrogen (secondary N) is 1. The fourth-order valence-corrected chi connectivity index (χ4v) is 3.92. The molecule has 0 radical (unpaired) electrons. The lowest BCUT2D eigenvalue weighted by Gasteiger charge is -2.13. The molecule has 0 spiro atoms. The Labute approximate surface area is 180 Å². The Morgan fingerprint density at radius 2 is 1.77 bits per heavy atom. The van der Waals surface area contributed by atoms with Gasteiger partial charge in [-0.25, -0.2) is 0 Å². The molecule has 7 heteroatoms. The largest absolute Gasteiger partial charge is 0.497 e. The maximum atomic E-state index is 13.1. The lowest BCUT2D eigenvalue weighted by Crippen LogP contribution is -2.17. The van der Waals surface area contributed by atoms with Crippen molar-refractivity contribution in [1.29, 1.82) is 0 Å². The molecule has 156 valence electrons. The summed E-state index contributed by atoms with van der Waals surface area (Å²) in [6, 6.07) is 16.9. The van der Waals surface area contributed by atoms with Crippen molar-refractivity contribution in [3.63, 3.8) is 0 Å². The number of benzene rings is 2. The third-order valence-electron chi connectivity index (χ3n) is 4.68. The molecule has 0 bridgehead atoms. The first-order chi connectivity index (χ1) is 14.3.